The normalized spacial score (nSPS) is 12.0. The maximum atomic E-state index is 12.3. The van der Waals surface area contributed by atoms with Gasteiger partial charge in [-0.2, -0.15) is 5.10 Å². The van der Waals surface area contributed by atoms with Crippen molar-refractivity contribution in [3.05, 3.63) is 59.4 Å². The zero-order valence-electron chi connectivity index (χ0n) is 13.6. The van der Waals surface area contributed by atoms with E-state index in [0.717, 1.165) is 0 Å². The maximum Gasteiger partial charge on any atom is 0.359 e. The summed E-state index contributed by atoms with van der Waals surface area (Å²) in [5.74, 6) is -0.392. The van der Waals surface area contributed by atoms with Crippen LogP contribution in [0.3, 0.4) is 0 Å². The van der Waals surface area contributed by atoms with Crippen molar-refractivity contribution in [3.63, 3.8) is 0 Å². The highest BCUT2D eigenvalue weighted by atomic mass is 35.5. The Morgan fingerprint density at radius 3 is 2.68 bits per heavy atom. The van der Waals surface area contributed by atoms with Crippen LogP contribution in [0.4, 0.5) is 0 Å². The average Bonchev–Trinajstić information content (AvgIpc) is 3.24. The van der Waals surface area contributed by atoms with E-state index >= 15 is 0 Å². The number of rotatable bonds is 5. The summed E-state index contributed by atoms with van der Waals surface area (Å²) in [6.45, 7) is 2.87. The summed E-state index contributed by atoms with van der Waals surface area (Å²) < 4.78 is 12.1. The lowest BCUT2D eigenvalue weighted by Gasteiger charge is -2.08. The summed E-state index contributed by atoms with van der Waals surface area (Å²) in [5.41, 5.74) is 1.30. The number of esters is 1. The molecule has 1 aromatic carbocycles. The molecule has 7 heteroatoms. The van der Waals surface area contributed by atoms with Crippen LogP contribution in [0.2, 0.25) is 5.02 Å². The van der Waals surface area contributed by atoms with Crippen molar-refractivity contribution in [2.45, 2.75) is 20.0 Å². The summed E-state index contributed by atoms with van der Waals surface area (Å²) in [6.07, 6.45) is 0.691. The third kappa shape index (κ3) is 3.64. The lowest BCUT2D eigenvalue weighted by atomic mass is 10.2. The number of benzene rings is 1. The predicted octanol–water partition coefficient (Wildman–Crippen LogP) is 3.92. The van der Waals surface area contributed by atoms with Crippen molar-refractivity contribution in [1.29, 1.82) is 0 Å². The highest BCUT2D eigenvalue weighted by molar-refractivity contribution is 6.30. The monoisotopic (exact) mass is 358 g/mol. The molecule has 0 spiro atoms. The average molecular weight is 359 g/mol. The van der Waals surface area contributed by atoms with Gasteiger partial charge in [-0.25, -0.2) is 9.48 Å². The Bertz CT molecular complexity index is 915. The van der Waals surface area contributed by atoms with Crippen LogP contribution in [0, 0.1) is 0 Å². The molecule has 0 amide bonds. The van der Waals surface area contributed by atoms with Crippen LogP contribution in [0.5, 0.6) is 0 Å². The van der Waals surface area contributed by atoms with Crippen molar-refractivity contribution in [1.82, 2.24) is 9.78 Å². The van der Waals surface area contributed by atoms with Crippen LogP contribution < -0.4 is 0 Å². The minimum atomic E-state index is -0.837. The number of furan rings is 1. The second kappa shape index (κ2) is 6.94. The number of hydrogen-bond acceptors (Lipinski definition) is 5. The first-order chi connectivity index (χ1) is 12.0. The molecule has 1 atom stereocenters. The van der Waals surface area contributed by atoms with E-state index in [1.54, 1.807) is 47.1 Å². The number of ether oxygens (including phenoxy) is 1. The van der Waals surface area contributed by atoms with Gasteiger partial charge in [0, 0.05) is 11.1 Å². The van der Waals surface area contributed by atoms with E-state index in [0.29, 0.717) is 22.2 Å². The number of hydrogen-bond donors (Lipinski definition) is 0. The SMILES string of the molecule is CC(=O)[C@H](C)OC(=O)c1cc(-c2ccco2)n(-c2cccc(Cl)c2)n1. The molecule has 3 rings (SSSR count). The molecule has 0 aliphatic carbocycles. The fraction of sp³-hybridized carbons (Fsp3) is 0.167. The molecular weight excluding hydrogens is 344 g/mol. The first-order valence-corrected chi connectivity index (χ1v) is 7.95. The van der Waals surface area contributed by atoms with Gasteiger partial charge in [0.05, 0.1) is 12.0 Å². The largest absolute Gasteiger partial charge is 0.463 e. The molecule has 0 saturated heterocycles. The molecule has 3 aromatic rings. The molecule has 6 nitrogen and oxygen atoms in total. The van der Waals surface area contributed by atoms with Gasteiger partial charge in [0.15, 0.2) is 23.3 Å². The van der Waals surface area contributed by atoms with Crippen LogP contribution in [0.1, 0.15) is 24.3 Å². The Balaban J connectivity index is 2.04. The summed E-state index contributed by atoms with van der Waals surface area (Å²) in [4.78, 5) is 23.6. The second-order valence-electron chi connectivity index (χ2n) is 5.44. The first kappa shape index (κ1) is 17.0. The van der Waals surface area contributed by atoms with Crippen molar-refractivity contribution in [3.8, 4) is 17.1 Å². The number of aromatic nitrogens is 2. The van der Waals surface area contributed by atoms with Crippen molar-refractivity contribution in [2.75, 3.05) is 0 Å². The summed E-state index contributed by atoms with van der Waals surface area (Å²) in [6, 6.07) is 12.1. The standard InChI is InChI=1S/C18H15ClN2O4/c1-11(22)12(2)25-18(23)15-10-16(17-7-4-8-24-17)21(20-15)14-6-3-5-13(19)9-14/h3-10,12H,1-2H3/t12-/m0/s1. The smallest absolute Gasteiger partial charge is 0.359 e. The Morgan fingerprint density at radius 2 is 2.04 bits per heavy atom. The van der Waals surface area contributed by atoms with Crippen molar-refractivity contribution in [2.24, 2.45) is 0 Å². The molecule has 0 radical (unpaired) electrons. The lowest BCUT2D eigenvalue weighted by Crippen LogP contribution is -2.22. The van der Waals surface area contributed by atoms with E-state index in [2.05, 4.69) is 5.10 Å². The van der Waals surface area contributed by atoms with Crippen molar-refractivity contribution < 1.29 is 18.7 Å². The topological polar surface area (TPSA) is 74.3 Å². The Morgan fingerprint density at radius 1 is 1.24 bits per heavy atom. The van der Waals surface area contributed by atoms with Gasteiger partial charge in [-0.15, -0.1) is 0 Å². The highest BCUT2D eigenvalue weighted by Gasteiger charge is 2.22. The molecule has 0 unspecified atom stereocenters. The van der Waals surface area contributed by atoms with E-state index < -0.39 is 12.1 Å². The van der Waals surface area contributed by atoms with Crippen LogP contribution in [0.25, 0.3) is 17.1 Å². The summed E-state index contributed by atoms with van der Waals surface area (Å²) in [7, 11) is 0. The number of nitrogens with zero attached hydrogens (tertiary/aromatic N) is 2. The highest BCUT2D eigenvalue weighted by Crippen LogP contribution is 2.26. The first-order valence-electron chi connectivity index (χ1n) is 7.57. The third-order valence-corrected chi connectivity index (χ3v) is 3.84. The van der Waals surface area contributed by atoms with Gasteiger partial charge in [-0.3, -0.25) is 4.79 Å². The van der Waals surface area contributed by atoms with E-state index in [1.807, 2.05) is 0 Å². The molecule has 0 aliphatic rings. The number of Topliss-reactive ketones (excluding diaryl/α,β-unsaturated/α-hetero) is 1. The van der Waals surface area contributed by atoms with Gasteiger partial charge in [-0.1, -0.05) is 17.7 Å². The third-order valence-electron chi connectivity index (χ3n) is 3.60. The number of ketones is 1. The molecule has 128 valence electrons. The van der Waals surface area contributed by atoms with Crippen LogP contribution in [0.15, 0.2) is 53.1 Å². The Hall–Kier alpha value is -2.86. The molecule has 0 bridgehead atoms. The van der Waals surface area contributed by atoms with Gasteiger partial charge in [0.1, 0.15) is 5.69 Å². The molecule has 0 saturated carbocycles. The van der Waals surface area contributed by atoms with Gasteiger partial charge in [0.25, 0.3) is 0 Å². The second-order valence-corrected chi connectivity index (χ2v) is 5.88. The zero-order chi connectivity index (χ0) is 18.0. The van der Waals surface area contributed by atoms with Crippen LogP contribution in [-0.4, -0.2) is 27.6 Å². The van der Waals surface area contributed by atoms with E-state index in [9.17, 15) is 9.59 Å². The van der Waals surface area contributed by atoms with Gasteiger partial charge in [-0.05, 0) is 44.2 Å². The van der Waals surface area contributed by atoms with Crippen LogP contribution in [-0.2, 0) is 9.53 Å². The zero-order valence-corrected chi connectivity index (χ0v) is 14.4. The Kier molecular flexibility index (Phi) is 4.72. The van der Waals surface area contributed by atoms with Gasteiger partial charge < -0.3 is 9.15 Å². The summed E-state index contributed by atoms with van der Waals surface area (Å²) in [5, 5.41) is 4.84. The summed E-state index contributed by atoms with van der Waals surface area (Å²) >= 11 is 6.05. The molecule has 25 heavy (non-hydrogen) atoms. The molecule has 0 aliphatic heterocycles. The maximum absolute atomic E-state index is 12.3. The lowest BCUT2D eigenvalue weighted by molar-refractivity contribution is -0.124. The Labute approximate surface area is 149 Å². The fourth-order valence-electron chi connectivity index (χ4n) is 2.19. The molecular formula is C18H15ClN2O4. The minimum Gasteiger partial charge on any atom is -0.463 e. The van der Waals surface area contributed by atoms with Gasteiger partial charge >= 0.3 is 5.97 Å². The fourth-order valence-corrected chi connectivity index (χ4v) is 2.37. The number of carbonyl (C=O) groups excluding carboxylic acids is 2. The molecule has 2 aromatic heterocycles. The van der Waals surface area contributed by atoms with Gasteiger partial charge in [0.2, 0.25) is 0 Å². The number of carbonyl (C=O) groups is 2. The van der Waals surface area contributed by atoms with E-state index in [1.165, 1.54) is 20.1 Å². The van der Waals surface area contributed by atoms with E-state index in [-0.39, 0.29) is 11.5 Å². The minimum absolute atomic E-state index is 0.0690. The van der Waals surface area contributed by atoms with E-state index in [4.69, 9.17) is 20.8 Å². The molecule has 2 heterocycles. The van der Waals surface area contributed by atoms with Crippen molar-refractivity contribution >= 4 is 23.4 Å². The quantitative estimate of drug-likeness (QED) is 0.646. The van der Waals surface area contributed by atoms with Crippen LogP contribution >= 0.6 is 11.6 Å². The molecule has 0 N–H and O–H groups in total. The number of halogens is 1. The predicted molar refractivity (Wildman–Crippen MR) is 91.8 cm³/mol. The molecule has 0 fully saturated rings.